The lowest BCUT2D eigenvalue weighted by Crippen LogP contribution is -2.06. The zero-order valence-corrected chi connectivity index (χ0v) is 13.8. The third kappa shape index (κ3) is 3.71. The molecule has 0 saturated carbocycles. The average Bonchev–Trinajstić information content (AvgIpc) is 2.85. The average molecular weight is 342 g/mol. The fourth-order valence-corrected chi connectivity index (χ4v) is 2.63. The van der Waals surface area contributed by atoms with Gasteiger partial charge in [0.05, 0.1) is 18.1 Å². The summed E-state index contributed by atoms with van der Waals surface area (Å²) in [5.41, 5.74) is 1.38. The van der Waals surface area contributed by atoms with E-state index in [0.717, 1.165) is 12.0 Å². The zero-order valence-electron chi connectivity index (χ0n) is 13.8. The van der Waals surface area contributed by atoms with E-state index < -0.39 is 4.92 Å². The molecular weight excluding hydrogens is 324 g/mol. The van der Waals surface area contributed by atoms with Crippen LogP contribution >= 0.6 is 0 Å². The first-order chi connectivity index (χ1) is 12.1. The Morgan fingerprint density at radius 1 is 1.24 bits per heavy atom. The number of carbonyl (C=O) groups excluding carboxylic acids is 1. The number of nitrogens with one attached hydrogen (secondary N) is 1. The summed E-state index contributed by atoms with van der Waals surface area (Å²) in [6.45, 7) is 2.88. The van der Waals surface area contributed by atoms with Crippen LogP contribution in [0.5, 0.6) is 11.5 Å². The Bertz CT molecular complexity index is 819. The Morgan fingerprint density at radius 3 is 2.80 bits per heavy atom. The van der Waals surface area contributed by atoms with E-state index in [4.69, 9.17) is 9.47 Å². The van der Waals surface area contributed by atoms with Crippen LogP contribution in [0.4, 0.5) is 11.4 Å². The van der Waals surface area contributed by atoms with E-state index >= 15 is 0 Å². The number of ether oxygens (including phenoxy) is 2. The van der Waals surface area contributed by atoms with Crippen LogP contribution in [-0.4, -0.2) is 23.9 Å². The summed E-state index contributed by atoms with van der Waals surface area (Å²) in [7, 11) is 0. The molecule has 1 heterocycles. The first kappa shape index (κ1) is 16.8. The van der Waals surface area contributed by atoms with Gasteiger partial charge in [-0.05, 0) is 25.1 Å². The number of para-hydroxylation sites is 1. The molecule has 0 atom stereocenters. The van der Waals surface area contributed by atoms with Crippen molar-refractivity contribution in [3.63, 3.8) is 0 Å². The van der Waals surface area contributed by atoms with E-state index in [1.807, 2.05) is 18.2 Å². The van der Waals surface area contributed by atoms with Gasteiger partial charge in [0.1, 0.15) is 5.69 Å². The molecule has 0 unspecified atom stereocenters. The lowest BCUT2D eigenvalue weighted by molar-refractivity contribution is -0.384. The van der Waals surface area contributed by atoms with Gasteiger partial charge >= 0.3 is 0 Å². The maximum Gasteiger partial charge on any atom is 0.293 e. The fourth-order valence-electron chi connectivity index (χ4n) is 2.63. The van der Waals surface area contributed by atoms with Crippen LogP contribution in [0.3, 0.4) is 0 Å². The lowest BCUT2D eigenvalue weighted by atomic mass is 10.1. The quantitative estimate of drug-likeness (QED) is 0.507. The minimum atomic E-state index is -0.500. The molecule has 0 fully saturated rings. The first-order valence-electron chi connectivity index (χ1n) is 7.97. The molecule has 1 N–H and O–H groups in total. The molecule has 1 aliphatic rings. The number of anilines is 1. The molecule has 0 spiro atoms. The first-order valence-corrected chi connectivity index (χ1v) is 7.97. The second kappa shape index (κ2) is 7.21. The van der Waals surface area contributed by atoms with Crippen LogP contribution in [0, 0.1) is 10.1 Å². The number of benzene rings is 2. The highest BCUT2D eigenvalue weighted by Gasteiger charge is 2.18. The topological polar surface area (TPSA) is 90.7 Å². The van der Waals surface area contributed by atoms with Crippen molar-refractivity contribution in [1.82, 2.24) is 0 Å². The largest absolute Gasteiger partial charge is 0.490 e. The number of nitrogens with zero attached hydrogens (tertiary/aromatic N) is 1. The number of nitro groups is 1. The van der Waals surface area contributed by atoms with Gasteiger partial charge in [0.2, 0.25) is 0 Å². The molecule has 2 aromatic rings. The predicted molar refractivity (Wildman–Crippen MR) is 92.5 cm³/mol. The minimum Gasteiger partial charge on any atom is -0.490 e. The molecule has 0 aliphatic carbocycles. The summed E-state index contributed by atoms with van der Waals surface area (Å²) in [5.74, 6) is 1.13. The molecule has 0 aromatic heterocycles. The van der Waals surface area contributed by atoms with Crippen molar-refractivity contribution in [2.45, 2.75) is 19.9 Å². The van der Waals surface area contributed by atoms with E-state index in [-0.39, 0.29) is 11.5 Å². The molecule has 0 saturated heterocycles. The number of hydrogen-bond donors (Lipinski definition) is 1. The number of hydrogen-bond acceptors (Lipinski definition) is 6. The van der Waals surface area contributed by atoms with Gasteiger partial charge in [-0.15, -0.1) is 0 Å². The molecule has 0 amide bonds. The van der Waals surface area contributed by atoms with Gasteiger partial charge < -0.3 is 14.8 Å². The second-order valence-electron chi connectivity index (χ2n) is 5.69. The van der Waals surface area contributed by atoms with Crippen LogP contribution in [-0.2, 0) is 6.54 Å². The van der Waals surface area contributed by atoms with E-state index in [1.54, 1.807) is 12.1 Å². The Morgan fingerprint density at radius 2 is 2.04 bits per heavy atom. The summed E-state index contributed by atoms with van der Waals surface area (Å²) in [6.07, 6.45) is 0.805. The Balaban J connectivity index is 1.85. The number of fused-ring (bicyclic) bond motifs is 1. The van der Waals surface area contributed by atoms with Crippen molar-refractivity contribution in [3.8, 4) is 11.5 Å². The maximum atomic E-state index is 11.4. The van der Waals surface area contributed by atoms with E-state index in [0.29, 0.717) is 42.5 Å². The van der Waals surface area contributed by atoms with E-state index in [9.17, 15) is 14.9 Å². The van der Waals surface area contributed by atoms with E-state index in [1.165, 1.54) is 13.0 Å². The molecule has 0 bridgehead atoms. The van der Waals surface area contributed by atoms with Gasteiger partial charge in [0.25, 0.3) is 5.69 Å². The third-order valence-corrected chi connectivity index (χ3v) is 3.92. The van der Waals surface area contributed by atoms with Crippen LogP contribution < -0.4 is 14.8 Å². The zero-order chi connectivity index (χ0) is 17.8. The smallest absolute Gasteiger partial charge is 0.293 e. The van der Waals surface area contributed by atoms with Gasteiger partial charge in [0.15, 0.2) is 17.3 Å². The Labute approximate surface area is 144 Å². The molecule has 25 heavy (non-hydrogen) atoms. The molecule has 7 heteroatoms. The summed E-state index contributed by atoms with van der Waals surface area (Å²) in [4.78, 5) is 22.2. The van der Waals surface area contributed by atoms with Gasteiger partial charge in [-0.25, -0.2) is 0 Å². The number of nitro benzene ring substituents is 1. The van der Waals surface area contributed by atoms with E-state index in [2.05, 4.69) is 5.32 Å². The SMILES string of the molecule is CC(=O)c1ccc(NCc2cccc3c2OCCCO3)c([N+](=O)[O-])c1. The fraction of sp³-hybridized carbons (Fsp3) is 0.278. The molecule has 1 aliphatic heterocycles. The molecule has 7 nitrogen and oxygen atoms in total. The standard InChI is InChI=1S/C18H18N2O5/c1-12(21)13-6-7-15(16(10-13)20(22)23)19-11-14-4-2-5-17-18(14)25-9-3-8-24-17/h2,4-7,10,19H,3,8-9,11H2,1H3. The summed E-state index contributed by atoms with van der Waals surface area (Å²) < 4.78 is 11.4. The highest BCUT2D eigenvalue weighted by Crippen LogP contribution is 2.34. The van der Waals surface area contributed by atoms with Crippen LogP contribution in [0.2, 0.25) is 0 Å². The van der Waals surface area contributed by atoms with Gasteiger partial charge in [-0.2, -0.15) is 0 Å². The van der Waals surface area contributed by atoms with Crippen LogP contribution in [0.25, 0.3) is 0 Å². The maximum absolute atomic E-state index is 11.4. The second-order valence-corrected chi connectivity index (χ2v) is 5.69. The minimum absolute atomic E-state index is 0.133. The predicted octanol–water partition coefficient (Wildman–Crippen LogP) is 3.57. The van der Waals surface area contributed by atoms with Crippen LogP contribution in [0.1, 0.15) is 29.3 Å². The molecular formula is C18H18N2O5. The van der Waals surface area contributed by atoms with Crippen molar-refractivity contribution in [2.75, 3.05) is 18.5 Å². The summed E-state index contributed by atoms with van der Waals surface area (Å²) in [5, 5.41) is 14.4. The van der Waals surface area contributed by atoms with Crippen molar-refractivity contribution in [1.29, 1.82) is 0 Å². The number of Topliss-reactive ketones (excluding diaryl/α,β-unsaturated/α-hetero) is 1. The number of carbonyl (C=O) groups is 1. The molecule has 130 valence electrons. The lowest BCUT2D eigenvalue weighted by Gasteiger charge is -2.14. The van der Waals surface area contributed by atoms with Crippen molar-refractivity contribution in [3.05, 3.63) is 57.6 Å². The normalized spacial score (nSPS) is 13.0. The molecule has 0 radical (unpaired) electrons. The van der Waals surface area contributed by atoms with Crippen molar-refractivity contribution >= 4 is 17.2 Å². The Kier molecular flexibility index (Phi) is 4.83. The molecule has 3 rings (SSSR count). The number of rotatable bonds is 5. The monoisotopic (exact) mass is 342 g/mol. The number of ketones is 1. The summed E-state index contributed by atoms with van der Waals surface area (Å²) in [6, 6.07) is 9.99. The highest BCUT2D eigenvalue weighted by molar-refractivity contribution is 5.95. The van der Waals surface area contributed by atoms with Gasteiger partial charge in [-0.3, -0.25) is 14.9 Å². The summed E-state index contributed by atoms with van der Waals surface area (Å²) >= 11 is 0. The third-order valence-electron chi connectivity index (χ3n) is 3.92. The molecule has 2 aromatic carbocycles. The Hall–Kier alpha value is -3.09. The highest BCUT2D eigenvalue weighted by atomic mass is 16.6. The van der Waals surface area contributed by atoms with Gasteiger partial charge in [0, 0.05) is 30.2 Å². The van der Waals surface area contributed by atoms with Crippen molar-refractivity contribution < 1.29 is 19.2 Å². The van der Waals surface area contributed by atoms with Crippen molar-refractivity contribution in [2.24, 2.45) is 0 Å². The van der Waals surface area contributed by atoms with Gasteiger partial charge in [-0.1, -0.05) is 12.1 Å². The van der Waals surface area contributed by atoms with Crippen LogP contribution in [0.15, 0.2) is 36.4 Å².